The summed E-state index contributed by atoms with van der Waals surface area (Å²) in [5.74, 6) is 0.901. The average molecular weight is 434 g/mol. The molecule has 0 saturated heterocycles. The fraction of sp³-hybridized carbons (Fsp3) is 0.263. The normalized spacial score (nSPS) is 12.4. The van der Waals surface area contributed by atoms with E-state index in [1.807, 2.05) is 24.4 Å². The Kier molecular flexibility index (Phi) is 5.40. The molecule has 3 aromatic heterocycles. The second-order valence-electron chi connectivity index (χ2n) is 6.48. The monoisotopic (exact) mass is 433 g/mol. The van der Waals surface area contributed by atoms with Crippen LogP contribution >= 0.6 is 23.2 Å². The predicted octanol–water partition coefficient (Wildman–Crippen LogP) is 4.21. The van der Waals surface area contributed by atoms with Crippen molar-refractivity contribution in [1.82, 2.24) is 24.5 Å². The number of aryl methyl sites for hydroxylation is 1. The zero-order chi connectivity index (χ0) is 20.5. The van der Waals surface area contributed by atoms with Crippen LogP contribution in [0, 0.1) is 6.92 Å². The zero-order valence-electron chi connectivity index (χ0n) is 15.6. The summed E-state index contributed by atoms with van der Waals surface area (Å²) < 4.78 is 12.7. The van der Waals surface area contributed by atoms with Gasteiger partial charge in [-0.25, -0.2) is 4.98 Å². The fourth-order valence-corrected chi connectivity index (χ4v) is 3.11. The Morgan fingerprint density at radius 3 is 2.83 bits per heavy atom. The highest BCUT2D eigenvalue weighted by Crippen LogP contribution is 2.36. The summed E-state index contributed by atoms with van der Waals surface area (Å²) in [6.45, 7) is 3.88. The van der Waals surface area contributed by atoms with Gasteiger partial charge in [-0.1, -0.05) is 35.3 Å². The largest absolute Gasteiger partial charge is 0.489 e. The van der Waals surface area contributed by atoms with Crippen molar-refractivity contribution < 1.29 is 14.4 Å². The second-order valence-corrected chi connectivity index (χ2v) is 7.29. The van der Waals surface area contributed by atoms with E-state index in [1.54, 1.807) is 24.5 Å². The predicted molar refractivity (Wildman–Crippen MR) is 108 cm³/mol. The Balaban J connectivity index is 1.62. The van der Waals surface area contributed by atoms with E-state index >= 15 is 0 Å². The summed E-state index contributed by atoms with van der Waals surface area (Å²) >= 11 is 12.7. The Morgan fingerprint density at radius 1 is 1.21 bits per heavy atom. The van der Waals surface area contributed by atoms with Gasteiger partial charge >= 0.3 is 0 Å². The SMILES string of the molecule is CC[C@@H](O)COc1cc(Cl)c(-c2noc(-c3cn4cc(C)ncc4n3)n2)cc1Cl. The number of nitrogens with zero attached hydrogens (tertiary/aromatic N) is 5. The molecule has 0 spiro atoms. The van der Waals surface area contributed by atoms with Crippen molar-refractivity contribution in [3.8, 4) is 28.7 Å². The van der Waals surface area contributed by atoms with Gasteiger partial charge in [0, 0.05) is 24.0 Å². The number of hydrogen-bond acceptors (Lipinski definition) is 7. The first kappa shape index (κ1) is 19.6. The maximum absolute atomic E-state index is 9.65. The quantitative estimate of drug-likeness (QED) is 0.485. The maximum Gasteiger partial charge on any atom is 0.278 e. The molecule has 0 amide bonds. The molecule has 8 nitrogen and oxygen atoms in total. The van der Waals surface area contributed by atoms with Gasteiger partial charge in [-0.2, -0.15) is 4.98 Å². The van der Waals surface area contributed by atoms with E-state index in [9.17, 15) is 5.11 Å². The molecule has 1 aromatic carbocycles. The third-order valence-electron chi connectivity index (χ3n) is 4.28. The molecule has 4 aromatic rings. The van der Waals surface area contributed by atoms with E-state index in [-0.39, 0.29) is 18.3 Å². The van der Waals surface area contributed by atoms with Crippen molar-refractivity contribution in [3.63, 3.8) is 0 Å². The Labute approximate surface area is 176 Å². The highest BCUT2D eigenvalue weighted by molar-refractivity contribution is 6.36. The molecule has 4 rings (SSSR count). The van der Waals surface area contributed by atoms with Crippen LogP contribution in [0.1, 0.15) is 19.0 Å². The van der Waals surface area contributed by atoms with Gasteiger partial charge in [-0.05, 0) is 19.4 Å². The molecular formula is C19H17Cl2N5O3. The van der Waals surface area contributed by atoms with Gasteiger partial charge in [-0.3, -0.25) is 4.98 Å². The Hall–Kier alpha value is -2.68. The molecule has 0 unspecified atom stereocenters. The minimum Gasteiger partial charge on any atom is -0.489 e. The first-order valence-corrected chi connectivity index (χ1v) is 9.66. The Morgan fingerprint density at radius 2 is 2.03 bits per heavy atom. The minimum atomic E-state index is -0.575. The van der Waals surface area contributed by atoms with Gasteiger partial charge in [0.1, 0.15) is 18.1 Å². The van der Waals surface area contributed by atoms with Crippen molar-refractivity contribution in [2.24, 2.45) is 0 Å². The van der Waals surface area contributed by atoms with Crippen molar-refractivity contribution in [2.75, 3.05) is 6.61 Å². The molecule has 1 atom stereocenters. The van der Waals surface area contributed by atoms with Crippen LogP contribution in [0.4, 0.5) is 0 Å². The molecule has 150 valence electrons. The highest BCUT2D eigenvalue weighted by atomic mass is 35.5. The number of halogens is 2. The summed E-state index contributed by atoms with van der Waals surface area (Å²) in [4.78, 5) is 13.0. The number of aliphatic hydroxyl groups is 1. The number of aromatic nitrogens is 5. The molecule has 0 aliphatic heterocycles. The molecule has 0 radical (unpaired) electrons. The van der Waals surface area contributed by atoms with Gasteiger partial charge in [0.25, 0.3) is 5.89 Å². The fourth-order valence-electron chi connectivity index (χ4n) is 2.66. The van der Waals surface area contributed by atoms with Crippen LogP contribution < -0.4 is 4.74 Å². The summed E-state index contributed by atoms with van der Waals surface area (Å²) in [5, 5.41) is 14.3. The number of imidazole rings is 1. The summed E-state index contributed by atoms with van der Waals surface area (Å²) in [6.07, 6.45) is 5.31. The van der Waals surface area contributed by atoms with Crippen molar-refractivity contribution in [3.05, 3.63) is 46.5 Å². The van der Waals surface area contributed by atoms with Gasteiger partial charge in [0.2, 0.25) is 5.82 Å². The number of rotatable bonds is 6. The summed E-state index contributed by atoms with van der Waals surface area (Å²) in [7, 11) is 0. The van der Waals surface area contributed by atoms with Crippen molar-refractivity contribution >= 4 is 28.8 Å². The number of aliphatic hydroxyl groups excluding tert-OH is 1. The van der Waals surface area contributed by atoms with E-state index < -0.39 is 6.10 Å². The molecule has 0 aliphatic carbocycles. The highest BCUT2D eigenvalue weighted by Gasteiger charge is 2.18. The first-order chi connectivity index (χ1) is 13.9. The maximum atomic E-state index is 9.65. The van der Waals surface area contributed by atoms with Crippen LogP contribution in [-0.4, -0.2) is 42.3 Å². The third kappa shape index (κ3) is 4.05. The lowest BCUT2D eigenvalue weighted by Gasteiger charge is -2.12. The summed E-state index contributed by atoms with van der Waals surface area (Å²) in [6, 6.07) is 3.17. The van der Waals surface area contributed by atoms with E-state index in [2.05, 4.69) is 20.1 Å². The number of benzene rings is 1. The molecule has 0 fully saturated rings. The van der Waals surface area contributed by atoms with Crippen LogP contribution in [0.3, 0.4) is 0 Å². The van der Waals surface area contributed by atoms with E-state index in [1.165, 1.54) is 0 Å². The molecular weight excluding hydrogens is 417 g/mol. The third-order valence-corrected chi connectivity index (χ3v) is 4.89. The average Bonchev–Trinajstić information content (AvgIpc) is 3.34. The lowest BCUT2D eigenvalue weighted by molar-refractivity contribution is 0.104. The molecule has 1 N–H and O–H groups in total. The van der Waals surface area contributed by atoms with E-state index in [4.69, 9.17) is 32.5 Å². The van der Waals surface area contributed by atoms with Crippen LogP contribution in [-0.2, 0) is 0 Å². The first-order valence-electron chi connectivity index (χ1n) is 8.90. The lowest BCUT2D eigenvalue weighted by Crippen LogP contribution is -2.16. The van der Waals surface area contributed by atoms with Crippen LogP contribution in [0.25, 0.3) is 28.6 Å². The van der Waals surface area contributed by atoms with Gasteiger partial charge in [-0.15, -0.1) is 0 Å². The molecule has 10 heteroatoms. The van der Waals surface area contributed by atoms with Gasteiger partial charge in [0.15, 0.2) is 5.65 Å². The molecule has 3 heterocycles. The summed E-state index contributed by atoms with van der Waals surface area (Å²) in [5.41, 5.74) is 2.55. The topological polar surface area (TPSA) is 98.6 Å². The number of ether oxygens (including phenoxy) is 1. The zero-order valence-corrected chi connectivity index (χ0v) is 17.1. The molecule has 0 saturated carbocycles. The second kappa shape index (κ2) is 7.98. The lowest BCUT2D eigenvalue weighted by atomic mass is 10.2. The van der Waals surface area contributed by atoms with E-state index in [0.717, 1.165) is 5.69 Å². The number of fused-ring (bicyclic) bond motifs is 1. The van der Waals surface area contributed by atoms with Crippen molar-refractivity contribution in [1.29, 1.82) is 0 Å². The smallest absolute Gasteiger partial charge is 0.278 e. The van der Waals surface area contributed by atoms with Gasteiger partial charge in [0.05, 0.1) is 28.0 Å². The van der Waals surface area contributed by atoms with Crippen LogP contribution in [0.5, 0.6) is 5.75 Å². The van der Waals surface area contributed by atoms with Crippen LogP contribution in [0.2, 0.25) is 10.0 Å². The molecule has 0 bridgehead atoms. The molecule has 29 heavy (non-hydrogen) atoms. The van der Waals surface area contributed by atoms with Gasteiger partial charge < -0.3 is 18.8 Å². The van der Waals surface area contributed by atoms with Crippen molar-refractivity contribution in [2.45, 2.75) is 26.4 Å². The standard InChI is InChI=1S/C19H17Cl2N5O3/c1-3-11(27)9-28-16-5-13(20)12(4-14(16)21)18-24-19(29-25-18)15-8-26-7-10(2)22-6-17(26)23-15/h4-8,11,27H,3,9H2,1-2H3/t11-/m1/s1. The van der Waals surface area contributed by atoms with E-state index in [0.29, 0.717) is 39.1 Å². The molecule has 0 aliphatic rings. The Bertz CT molecular complexity index is 1170. The minimum absolute atomic E-state index is 0.125. The number of hydrogen-bond donors (Lipinski definition) is 1. The van der Waals surface area contributed by atoms with Crippen LogP contribution in [0.15, 0.2) is 35.2 Å².